The van der Waals surface area contributed by atoms with Crippen molar-refractivity contribution >= 4 is 5.91 Å². The van der Waals surface area contributed by atoms with Crippen LogP contribution in [0.2, 0.25) is 0 Å². The molecule has 2 aromatic carbocycles. The molecule has 0 spiro atoms. The number of likely N-dealkylation sites (tertiary alicyclic amines) is 1. The van der Waals surface area contributed by atoms with Gasteiger partial charge in [0.1, 0.15) is 17.5 Å². The van der Waals surface area contributed by atoms with Gasteiger partial charge in [0, 0.05) is 32.1 Å². The highest BCUT2D eigenvalue weighted by atomic mass is 19.1. The molecule has 6 nitrogen and oxygen atoms in total. The molecule has 1 aromatic heterocycles. The van der Waals surface area contributed by atoms with E-state index in [4.69, 9.17) is 0 Å². The van der Waals surface area contributed by atoms with E-state index in [0.29, 0.717) is 37.8 Å². The van der Waals surface area contributed by atoms with Crippen LogP contribution in [0.5, 0.6) is 0 Å². The highest BCUT2D eigenvalue weighted by Crippen LogP contribution is 2.28. The van der Waals surface area contributed by atoms with Gasteiger partial charge in [0.25, 0.3) is 5.91 Å². The van der Waals surface area contributed by atoms with E-state index in [0.717, 1.165) is 11.8 Å². The van der Waals surface area contributed by atoms with E-state index < -0.39 is 17.5 Å². The quantitative estimate of drug-likeness (QED) is 0.682. The number of amides is 1. The van der Waals surface area contributed by atoms with Crippen molar-refractivity contribution in [1.29, 1.82) is 0 Å². The number of rotatable bonds is 3. The van der Waals surface area contributed by atoms with E-state index in [1.54, 1.807) is 16.5 Å². The highest BCUT2D eigenvalue weighted by molar-refractivity contribution is 5.94. The molecule has 1 aliphatic heterocycles. The summed E-state index contributed by atoms with van der Waals surface area (Å²) in [5, 5.41) is 4.42. The molecule has 29 heavy (non-hydrogen) atoms. The standard InChI is InChI=1S/C21H20F2N4O2/c1-25-21(29)27(16-5-3-2-4-6-16)19(24-25)14-9-11-26(12-10-14)20(28)17-8-7-15(22)13-18(17)23/h2-8,13-14H,9-12H2,1H3. The first-order valence-electron chi connectivity index (χ1n) is 9.41. The number of benzene rings is 2. The first-order valence-corrected chi connectivity index (χ1v) is 9.41. The molecular formula is C21H20F2N4O2. The van der Waals surface area contributed by atoms with Gasteiger partial charge in [-0.15, -0.1) is 0 Å². The van der Waals surface area contributed by atoms with Crippen molar-refractivity contribution in [2.45, 2.75) is 18.8 Å². The fraction of sp³-hybridized carbons (Fsp3) is 0.286. The number of para-hydroxylation sites is 1. The van der Waals surface area contributed by atoms with Gasteiger partial charge in [-0.2, -0.15) is 5.10 Å². The Morgan fingerprint density at radius 3 is 2.41 bits per heavy atom. The predicted molar refractivity (Wildman–Crippen MR) is 103 cm³/mol. The van der Waals surface area contributed by atoms with Crippen LogP contribution in [0, 0.1) is 11.6 Å². The van der Waals surface area contributed by atoms with Gasteiger partial charge in [0.2, 0.25) is 0 Å². The number of halogens is 2. The van der Waals surface area contributed by atoms with Gasteiger partial charge in [-0.25, -0.2) is 22.8 Å². The summed E-state index contributed by atoms with van der Waals surface area (Å²) in [5.41, 5.74) is 0.384. The fourth-order valence-electron chi connectivity index (χ4n) is 3.74. The van der Waals surface area contributed by atoms with E-state index >= 15 is 0 Å². The van der Waals surface area contributed by atoms with Crippen molar-refractivity contribution in [3.05, 3.63) is 82.0 Å². The zero-order valence-corrected chi connectivity index (χ0v) is 15.9. The van der Waals surface area contributed by atoms with Crippen LogP contribution in [-0.2, 0) is 7.05 Å². The van der Waals surface area contributed by atoms with Gasteiger partial charge in [-0.3, -0.25) is 4.79 Å². The molecule has 1 amide bonds. The predicted octanol–water partition coefficient (Wildman–Crippen LogP) is 2.87. The minimum absolute atomic E-state index is 0.00813. The SMILES string of the molecule is Cn1nc(C2CCN(C(=O)c3ccc(F)cc3F)CC2)n(-c2ccccc2)c1=O. The maximum absolute atomic E-state index is 13.9. The van der Waals surface area contributed by atoms with Crippen LogP contribution in [-0.4, -0.2) is 38.2 Å². The van der Waals surface area contributed by atoms with Gasteiger partial charge < -0.3 is 4.90 Å². The van der Waals surface area contributed by atoms with Crippen molar-refractivity contribution < 1.29 is 13.6 Å². The first-order chi connectivity index (χ1) is 14.0. The van der Waals surface area contributed by atoms with Gasteiger partial charge in [-0.1, -0.05) is 18.2 Å². The zero-order valence-electron chi connectivity index (χ0n) is 15.9. The number of nitrogens with zero attached hydrogens (tertiary/aromatic N) is 4. The topological polar surface area (TPSA) is 60.1 Å². The second-order valence-electron chi connectivity index (χ2n) is 7.13. The van der Waals surface area contributed by atoms with Crippen LogP contribution in [0.4, 0.5) is 8.78 Å². The number of aromatic nitrogens is 3. The molecule has 4 rings (SSSR count). The number of hydrogen-bond donors (Lipinski definition) is 0. The van der Waals surface area contributed by atoms with Gasteiger partial charge in [0.15, 0.2) is 0 Å². The molecule has 1 fully saturated rings. The molecule has 1 aliphatic rings. The summed E-state index contributed by atoms with van der Waals surface area (Å²) in [7, 11) is 1.61. The lowest BCUT2D eigenvalue weighted by Crippen LogP contribution is -2.39. The van der Waals surface area contributed by atoms with E-state index in [1.807, 2.05) is 30.3 Å². The molecule has 2 heterocycles. The maximum Gasteiger partial charge on any atom is 0.350 e. The summed E-state index contributed by atoms with van der Waals surface area (Å²) in [5.74, 6) is -1.39. The summed E-state index contributed by atoms with van der Waals surface area (Å²) in [6.45, 7) is 0.805. The monoisotopic (exact) mass is 398 g/mol. The molecule has 0 atom stereocenters. The van der Waals surface area contributed by atoms with Crippen LogP contribution in [0.3, 0.4) is 0 Å². The fourth-order valence-corrected chi connectivity index (χ4v) is 3.74. The van der Waals surface area contributed by atoms with Crippen LogP contribution in [0.15, 0.2) is 53.3 Å². The van der Waals surface area contributed by atoms with Crippen LogP contribution < -0.4 is 5.69 Å². The summed E-state index contributed by atoms with van der Waals surface area (Å²) in [4.78, 5) is 26.7. The maximum atomic E-state index is 13.9. The molecule has 3 aromatic rings. The summed E-state index contributed by atoms with van der Waals surface area (Å²) >= 11 is 0. The molecule has 0 saturated carbocycles. The number of carbonyl (C=O) groups is 1. The first kappa shape index (κ1) is 19.0. The molecule has 0 radical (unpaired) electrons. The Morgan fingerprint density at radius 1 is 1.07 bits per heavy atom. The molecule has 8 heteroatoms. The van der Waals surface area contributed by atoms with E-state index in [1.165, 1.54) is 10.7 Å². The van der Waals surface area contributed by atoms with E-state index in [9.17, 15) is 18.4 Å². The van der Waals surface area contributed by atoms with Gasteiger partial charge >= 0.3 is 5.69 Å². The Balaban J connectivity index is 1.54. The number of hydrogen-bond acceptors (Lipinski definition) is 3. The van der Waals surface area contributed by atoms with Gasteiger partial charge in [-0.05, 0) is 37.1 Å². The smallest absolute Gasteiger partial charge is 0.339 e. The summed E-state index contributed by atoms with van der Waals surface area (Å²) in [6.07, 6.45) is 1.19. The van der Waals surface area contributed by atoms with Crippen molar-refractivity contribution in [3.8, 4) is 5.69 Å². The molecule has 0 unspecified atom stereocenters. The van der Waals surface area contributed by atoms with E-state index in [2.05, 4.69) is 5.10 Å². The third-order valence-electron chi connectivity index (χ3n) is 5.27. The molecule has 150 valence electrons. The normalized spacial score (nSPS) is 14.9. The average molecular weight is 398 g/mol. The lowest BCUT2D eigenvalue weighted by atomic mass is 9.95. The van der Waals surface area contributed by atoms with Crippen molar-refractivity contribution in [2.24, 2.45) is 7.05 Å². The number of aryl methyl sites for hydroxylation is 1. The van der Waals surface area contributed by atoms with Crippen molar-refractivity contribution in [1.82, 2.24) is 19.2 Å². The number of carbonyl (C=O) groups excluding carboxylic acids is 1. The lowest BCUT2D eigenvalue weighted by molar-refractivity contribution is 0.0705. The molecular weight excluding hydrogens is 378 g/mol. The Bertz CT molecular complexity index is 1100. The van der Waals surface area contributed by atoms with Crippen molar-refractivity contribution in [3.63, 3.8) is 0 Å². The number of piperidine rings is 1. The Kier molecular flexibility index (Phi) is 5.00. The Hall–Kier alpha value is -3.29. The van der Waals surface area contributed by atoms with Crippen LogP contribution in [0.25, 0.3) is 5.69 Å². The molecule has 0 aliphatic carbocycles. The Morgan fingerprint density at radius 2 is 1.76 bits per heavy atom. The second kappa shape index (κ2) is 7.62. The third-order valence-corrected chi connectivity index (χ3v) is 5.27. The minimum Gasteiger partial charge on any atom is -0.339 e. The van der Waals surface area contributed by atoms with Crippen molar-refractivity contribution in [2.75, 3.05) is 13.1 Å². The minimum atomic E-state index is -0.861. The van der Waals surface area contributed by atoms with Gasteiger partial charge in [0.05, 0.1) is 11.3 Å². The van der Waals surface area contributed by atoms with Crippen LogP contribution >= 0.6 is 0 Å². The highest BCUT2D eigenvalue weighted by Gasteiger charge is 2.30. The largest absolute Gasteiger partial charge is 0.350 e. The Labute approximate surface area is 166 Å². The molecule has 0 N–H and O–H groups in total. The lowest BCUT2D eigenvalue weighted by Gasteiger charge is -2.31. The zero-order chi connectivity index (χ0) is 20.5. The van der Waals surface area contributed by atoms with Crippen LogP contribution in [0.1, 0.15) is 34.9 Å². The van der Waals surface area contributed by atoms with E-state index in [-0.39, 0.29) is 17.2 Å². The average Bonchev–Trinajstić information content (AvgIpc) is 3.03. The summed E-state index contributed by atoms with van der Waals surface area (Å²) < 4.78 is 30.0. The second-order valence-corrected chi connectivity index (χ2v) is 7.13. The summed E-state index contributed by atoms with van der Waals surface area (Å²) in [6, 6.07) is 12.3. The molecule has 0 bridgehead atoms. The third kappa shape index (κ3) is 3.57. The molecule has 1 saturated heterocycles.